The van der Waals surface area contributed by atoms with E-state index in [1.54, 1.807) is 0 Å². The monoisotopic (exact) mass is 234 g/mol. The minimum atomic E-state index is 0.624. The number of aromatic nitrogens is 2. The number of fused-ring (bicyclic) bond motifs is 1. The summed E-state index contributed by atoms with van der Waals surface area (Å²) < 4.78 is 2.37. The van der Waals surface area contributed by atoms with Gasteiger partial charge in [-0.3, -0.25) is 4.90 Å². The molecule has 0 saturated carbocycles. The number of nitrogens with one attached hydrogen (secondary N) is 1. The van der Waals surface area contributed by atoms with Crippen molar-refractivity contribution in [1.29, 1.82) is 0 Å². The predicted molar refractivity (Wildman–Crippen MR) is 69.4 cm³/mol. The molecule has 2 aliphatic rings. The average molecular weight is 234 g/mol. The lowest BCUT2D eigenvalue weighted by Crippen LogP contribution is -2.37. The Balaban J connectivity index is 1.88. The van der Waals surface area contributed by atoms with Crippen molar-refractivity contribution in [3.05, 3.63) is 11.9 Å². The Morgan fingerprint density at radius 1 is 1.24 bits per heavy atom. The Labute approximate surface area is 103 Å². The molecule has 1 aromatic rings. The van der Waals surface area contributed by atoms with Crippen molar-refractivity contribution >= 4 is 5.95 Å². The van der Waals surface area contributed by atoms with Gasteiger partial charge in [0.1, 0.15) is 0 Å². The molecule has 2 atom stereocenters. The Bertz CT molecular complexity index is 398. The molecule has 4 nitrogen and oxygen atoms in total. The zero-order valence-corrected chi connectivity index (χ0v) is 10.8. The van der Waals surface area contributed by atoms with E-state index in [1.807, 2.05) is 7.05 Å². The molecule has 17 heavy (non-hydrogen) atoms. The van der Waals surface area contributed by atoms with Gasteiger partial charge in [-0.15, -0.1) is 0 Å². The minimum absolute atomic E-state index is 0.624. The molecule has 0 radical (unpaired) electrons. The minimum Gasteiger partial charge on any atom is -0.359 e. The third-order valence-corrected chi connectivity index (χ3v) is 4.25. The third kappa shape index (κ3) is 1.84. The van der Waals surface area contributed by atoms with Crippen LogP contribution < -0.4 is 5.32 Å². The van der Waals surface area contributed by atoms with Crippen LogP contribution in [0.2, 0.25) is 0 Å². The second kappa shape index (κ2) is 4.33. The van der Waals surface area contributed by atoms with Gasteiger partial charge < -0.3 is 9.88 Å². The van der Waals surface area contributed by atoms with Crippen LogP contribution in [0.3, 0.4) is 0 Å². The van der Waals surface area contributed by atoms with Gasteiger partial charge in [0.15, 0.2) is 0 Å². The van der Waals surface area contributed by atoms with Gasteiger partial charge in [-0.2, -0.15) is 0 Å². The molecule has 4 heteroatoms. The molecule has 0 bridgehead atoms. The molecule has 1 N–H and O–H groups in total. The Morgan fingerprint density at radius 3 is 2.94 bits per heavy atom. The van der Waals surface area contributed by atoms with Gasteiger partial charge in [-0.05, 0) is 32.7 Å². The molecule has 2 saturated heterocycles. The summed E-state index contributed by atoms with van der Waals surface area (Å²) >= 11 is 0. The number of imidazole rings is 1. The topological polar surface area (TPSA) is 33.1 Å². The first-order valence-corrected chi connectivity index (χ1v) is 6.77. The predicted octanol–water partition coefficient (Wildman–Crippen LogP) is 2.03. The molecular weight excluding hydrogens is 212 g/mol. The smallest absolute Gasteiger partial charge is 0.203 e. The number of aryl methyl sites for hydroxylation is 1. The van der Waals surface area contributed by atoms with Crippen LogP contribution in [0.15, 0.2) is 6.20 Å². The average Bonchev–Trinajstić information content (AvgIpc) is 2.91. The molecule has 0 aromatic carbocycles. The van der Waals surface area contributed by atoms with Gasteiger partial charge in [-0.25, -0.2) is 4.98 Å². The highest BCUT2D eigenvalue weighted by atomic mass is 15.3. The Morgan fingerprint density at radius 2 is 2.12 bits per heavy atom. The van der Waals surface area contributed by atoms with Crippen LogP contribution in [0.4, 0.5) is 5.95 Å². The van der Waals surface area contributed by atoms with E-state index in [0.717, 1.165) is 17.7 Å². The number of anilines is 1. The van der Waals surface area contributed by atoms with E-state index in [-0.39, 0.29) is 0 Å². The van der Waals surface area contributed by atoms with Crippen LogP contribution in [0.1, 0.15) is 37.4 Å². The number of piperidine rings is 1. The van der Waals surface area contributed by atoms with Crippen molar-refractivity contribution in [3.63, 3.8) is 0 Å². The normalized spacial score (nSPS) is 29.3. The van der Waals surface area contributed by atoms with Crippen LogP contribution in [0.5, 0.6) is 0 Å². The maximum absolute atomic E-state index is 4.54. The summed E-state index contributed by atoms with van der Waals surface area (Å²) in [7, 11) is 1.96. The van der Waals surface area contributed by atoms with Crippen molar-refractivity contribution in [1.82, 2.24) is 14.5 Å². The van der Waals surface area contributed by atoms with Crippen molar-refractivity contribution in [2.24, 2.45) is 0 Å². The lowest BCUT2D eigenvalue weighted by atomic mass is 9.99. The van der Waals surface area contributed by atoms with E-state index < -0.39 is 0 Å². The number of hydrogen-bond acceptors (Lipinski definition) is 3. The fourth-order valence-electron chi connectivity index (χ4n) is 3.50. The molecule has 0 aliphatic carbocycles. The van der Waals surface area contributed by atoms with Gasteiger partial charge >= 0.3 is 0 Å². The highest BCUT2D eigenvalue weighted by Gasteiger charge is 2.37. The van der Waals surface area contributed by atoms with E-state index in [2.05, 4.69) is 32.9 Å². The standard InChI is InChI=1S/C13H22N4/c1-10-9-17(13(14-2)15-10)12-6-8-16-7-4-3-5-11(12)16/h9,11-12H,3-8H2,1-2H3,(H,14,15). The summed E-state index contributed by atoms with van der Waals surface area (Å²) in [5, 5.41) is 3.22. The fraction of sp³-hybridized carbons (Fsp3) is 0.769. The molecule has 0 spiro atoms. The maximum Gasteiger partial charge on any atom is 0.203 e. The molecule has 1 aromatic heterocycles. The van der Waals surface area contributed by atoms with Gasteiger partial charge in [0.2, 0.25) is 5.95 Å². The number of nitrogens with zero attached hydrogens (tertiary/aromatic N) is 3. The molecular formula is C13H22N4. The summed E-state index contributed by atoms with van der Waals surface area (Å²) in [5.74, 6) is 1.03. The second-order valence-electron chi connectivity index (χ2n) is 5.32. The molecule has 2 unspecified atom stereocenters. The van der Waals surface area contributed by atoms with Gasteiger partial charge in [0.25, 0.3) is 0 Å². The van der Waals surface area contributed by atoms with E-state index in [1.165, 1.54) is 38.8 Å². The molecule has 2 fully saturated rings. The Hall–Kier alpha value is -1.03. The van der Waals surface area contributed by atoms with Crippen LogP contribution in [0, 0.1) is 6.92 Å². The molecule has 3 rings (SSSR count). The van der Waals surface area contributed by atoms with Gasteiger partial charge in [0, 0.05) is 25.8 Å². The number of hydrogen-bond donors (Lipinski definition) is 1. The van der Waals surface area contributed by atoms with Crippen molar-refractivity contribution in [2.45, 2.75) is 44.7 Å². The fourth-order valence-corrected chi connectivity index (χ4v) is 3.50. The molecule has 0 amide bonds. The second-order valence-corrected chi connectivity index (χ2v) is 5.32. The van der Waals surface area contributed by atoms with E-state index in [4.69, 9.17) is 0 Å². The lowest BCUT2D eigenvalue weighted by molar-refractivity contribution is 0.174. The first-order valence-electron chi connectivity index (χ1n) is 6.77. The zero-order chi connectivity index (χ0) is 11.8. The van der Waals surface area contributed by atoms with Crippen LogP contribution >= 0.6 is 0 Å². The molecule has 94 valence electrons. The summed E-state index contributed by atoms with van der Waals surface area (Å²) in [6.45, 7) is 4.63. The highest BCUT2D eigenvalue weighted by molar-refractivity contribution is 5.29. The van der Waals surface area contributed by atoms with Gasteiger partial charge in [0.05, 0.1) is 11.7 Å². The quantitative estimate of drug-likeness (QED) is 0.850. The molecule has 3 heterocycles. The SMILES string of the molecule is CNc1nc(C)cn1C1CCN2CCCCC12. The van der Waals surface area contributed by atoms with Crippen molar-refractivity contribution in [3.8, 4) is 0 Å². The first-order chi connectivity index (χ1) is 8.29. The number of rotatable bonds is 2. The van der Waals surface area contributed by atoms with Crippen LogP contribution in [-0.4, -0.2) is 40.6 Å². The van der Waals surface area contributed by atoms with Crippen LogP contribution in [0.25, 0.3) is 0 Å². The van der Waals surface area contributed by atoms with E-state index in [9.17, 15) is 0 Å². The van der Waals surface area contributed by atoms with E-state index in [0.29, 0.717) is 6.04 Å². The first kappa shape index (κ1) is 11.1. The van der Waals surface area contributed by atoms with Crippen LogP contribution in [-0.2, 0) is 0 Å². The summed E-state index contributed by atoms with van der Waals surface area (Å²) in [4.78, 5) is 7.21. The zero-order valence-electron chi connectivity index (χ0n) is 10.8. The van der Waals surface area contributed by atoms with Gasteiger partial charge in [-0.1, -0.05) is 6.42 Å². The largest absolute Gasteiger partial charge is 0.359 e. The molecule has 2 aliphatic heterocycles. The summed E-state index contributed by atoms with van der Waals surface area (Å²) in [6.07, 6.45) is 7.60. The summed E-state index contributed by atoms with van der Waals surface area (Å²) in [5.41, 5.74) is 1.11. The van der Waals surface area contributed by atoms with Crippen molar-refractivity contribution in [2.75, 3.05) is 25.5 Å². The highest BCUT2D eigenvalue weighted by Crippen LogP contribution is 2.36. The summed E-state index contributed by atoms with van der Waals surface area (Å²) in [6, 6.07) is 1.36. The van der Waals surface area contributed by atoms with E-state index >= 15 is 0 Å². The maximum atomic E-state index is 4.54. The Kier molecular flexibility index (Phi) is 2.82. The third-order valence-electron chi connectivity index (χ3n) is 4.25. The van der Waals surface area contributed by atoms with Crippen molar-refractivity contribution < 1.29 is 0 Å². The lowest BCUT2D eigenvalue weighted by Gasteiger charge is -2.33.